The third-order valence-electron chi connectivity index (χ3n) is 5.78. The summed E-state index contributed by atoms with van der Waals surface area (Å²) in [5, 5.41) is 37.9. The van der Waals surface area contributed by atoms with E-state index in [9.17, 15) is 15.8 Å². The normalized spacial score (nSPS) is 10.2. The van der Waals surface area contributed by atoms with Gasteiger partial charge in [0.15, 0.2) is 0 Å². The van der Waals surface area contributed by atoms with Crippen molar-refractivity contribution >= 4 is 16.6 Å². The van der Waals surface area contributed by atoms with Crippen LogP contribution in [-0.4, -0.2) is 4.98 Å². The number of nitrogens with two attached hydrogens (primary N) is 1. The number of pyridine rings is 1. The number of aryl methyl sites for hydroxylation is 1. The fraction of sp³-hybridized carbons (Fsp3) is 0.208. The summed E-state index contributed by atoms with van der Waals surface area (Å²) in [6, 6.07) is 10.8. The van der Waals surface area contributed by atoms with Crippen molar-refractivity contribution in [3.63, 3.8) is 0 Å². The minimum Gasteiger partial charge on any atom is -0.383 e. The van der Waals surface area contributed by atoms with Crippen molar-refractivity contribution in [2.45, 2.75) is 34.6 Å². The van der Waals surface area contributed by atoms with Gasteiger partial charge >= 0.3 is 6.07 Å². The van der Waals surface area contributed by atoms with Crippen LogP contribution in [0.25, 0.3) is 22.0 Å². The van der Waals surface area contributed by atoms with Crippen molar-refractivity contribution in [3.8, 4) is 35.5 Å². The van der Waals surface area contributed by atoms with E-state index >= 15 is 0 Å². The van der Waals surface area contributed by atoms with Crippen LogP contribution in [0.5, 0.6) is 0 Å². The summed E-state index contributed by atoms with van der Waals surface area (Å²) in [6.07, 6.45) is 0. The van der Waals surface area contributed by atoms with E-state index in [2.05, 4.69) is 29.3 Å². The van der Waals surface area contributed by atoms with Gasteiger partial charge in [0.2, 0.25) is 0 Å². The van der Waals surface area contributed by atoms with E-state index in [0.29, 0.717) is 61.0 Å². The van der Waals surface area contributed by atoms with Gasteiger partial charge in [-0.1, -0.05) is 5.26 Å². The van der Waals surface area contributed by atoms with Crippen LogP contribution >= 0.6 is 0 Å². The van der Waals surface area contributed by atoms with Crippen LogP contribution in [0.1, 0.15) is 50.1 Å². The fourth-order valence-corrected chi connectivity index (χ4v) is 4.29. The molecule has 30 heavy (non-hydrogen) atoms. The Bertz CT molecular complexity index is 1390. The van der Waals surface area contributed by atoms with E-state index < -0.39 is 0 Å². The van der Waals surface area contributed by atoms with Crippen molar-refractivity contribution in [1.29, 1.82) is 15.8 Å². The minimum absolute atomic E-state index is 0.214. The summed E-state index contributed by atoms with van der Waals surface area (Å²) in [5.41, 5.74) is 12.8. The first-order valence-electron chi connectivity index (χ1n) is 9.23. The highest BCUT2D eigenvalue weighted by atomic mass is 14.8. The molecule has 1 aromatic heterocycles. The molecule has 0 aliphatic rings. The third kappa shape index (κ3) is 2.64. The monoisotopic (exact) mass is 391 g/mol. The average molecular weight is 391 g/mol. The van der Waals surface area contributed by atoms with Gasteiger partial charge in [0.1, 0.15) is 17.5 Å². The largest absolute Gasteiger partial charge is 0.383 e. The zero-order valence-electron chi connectivity index (χ0n) is 17.4. The molecule has 2 aromatic carbocycles. The first-order chi connectivity index (χ1) is 14.2. The molecule has 0 atom stereocenters. The van der Waals surface area contributed by atoms with Crippen LogP contribution in [0.4, 0.5) is 5.82 Å². The lowest BCUT2D eigenvalue weighted by Gasteiger charge is -2.18. The molecule has 0 saturated carbocycles. The van der Waals surface area contributed by atoms with Crippen LogP contribution in [0.2, 0.25) is 0 Å². The number of hydrogen-bond donors (Lipinski definition) is 2. The maximum absolute atomic E-state index is 9.79. The Morgan fingerprint density at radius 3 is 1.80 bits per heavy atom. The summed E-state index contributed by atoms with van der Waals surface area (Å²) < 4.78 is 0. The Kier molecular flexibility index (Phi) is 4.89. The second-order valence-corrected chi connectivity index (χ2v) is 7.28. The van der Waals surface area contributed by atoms with Gasteiger partial charge in [-0.2, -0.15) is 15.8 Å². The van der Waals surface area contributed by atoms with Gasteiger partial charge in [0.05, 0.1) is 34.5 Å². The number of hydrogen-bond acceptors (Lipinski definition) is 5. The molecule has 0 unspecified atom stereocenters. The lowest BCUT2D eigenvalue weighted by molar-refractivity contribution is -0.0909. The number of nitriles is 3. The van der Waals surface area contributed by atoms with Crippen molar-refractivity contribution in [2.24, 2.45) is 0 Å². The molecule has 3 N–H and O–H groups in total. The Morgan fingerprint density at radius 2 is 1.27 bits per heavy atom. The SMILES string of the molecule is Cc1c(C#N)c(C)c(-c2cc3c(C#N)c(C)c(C#N)c(C)c3c(N)n2)c(C)c1C#[NH+]. The van der Waals surface area contributed by atoms with Crippen LogP contribution < -0.4 is 11.0 Å². The molecule has 1 heterocycles. The number of aromatic nitrogens is 1. The van der Waals surface area contributed by atoms with Crippen LogP contribution in [0.3, 0.4) is 0 Å². The highest BCUT2D eigenvalue weighted by Crippen LogP contribution is 2.38. The van der Waals surface area contributed by atoms with Crippen molar-refractivity contribution in [1.82, 2.24) is 4.98 Å². The Balaban J connectivity index is 2.57. The molecule has 6 nitrogen and oxygen atoms in total. The number of nitrogens with zero attached hydrogens (tertiary/aromatic N) is 4. The zero-order valence-corrected chi connectivity index (χ0v) is 17.4. The van der Waals surface area contributed by atoms with Crippen LogP contribution in [0, 0.1) is 74.7 Å². The number of benzene rings is 2. The maximum atomic E-state index is 9.79. The van der Waals surface area contributed by atoms with Gasteiger partial charge in [-0.25, -0.2) is 4.98 Å². The molecule has 0 spiro atoms. The average Bonchev–Trinajstić information content (AvgIpc) is 2.69. The molecule has 6 heteroatoms. The Hall–Kier alpha value is -4.39. The number of nitrogens with one attached hydrogen (secondary N) is 1. The second kappa shape index (κ2) is 7.21. The summed E-state index contributed by atoms with van der Waals surface area (Å²) in [4.78, 5) is 4.58. The van der Waals surface area contributed by atoms with Gasteiger partial charge in [0.25, 0.3) is 0 Å². The van der Waals surface area contributed by atoms with Crippen molar-refractivity contribution < 1.29 is 5.26 Å². The molecule has 0 saturated heterocycles. The lowest BCUT2D eigenvalue weighted by Crippen LogP contribution is -2.19. The molecule has 3 aromatic rings. The number of anilines is 1. The molecule has 0 aliphatic heterocycles. The van der Waals surface area contributed by atoms with Crippen molar-refractivity contribution in [2.75, 3.05) is 5.73 Å². The zero-order chi connectivity index (χ0) is 22.3. The number of fused-ring (bicyclic) bond motifs is 1. The standard InChI is InChI=1S/C24H18N6/c1-11-17(7-25)13(3)22(14(4)18(11)8-26)21-6-16-20(10-28)12(2)19(9-27)15(5)23(16)24(29)30-21/h6H,1-5H3,(H2,29,30)/p+1. The predicted octanol–water partition coefficient (Wildman–Crippen LogP) is 2.76. The van der Waals surface area contributed by atoms with E-state index in [4.69, 9.17) is 11.0 Å². The van der Waals surface area contributed by atoms with E-state index in [0.717, 1.165) is 11.1 Å². The van der Waals surface area contributed by atoms with E-state index in [-0.39, 0.29) is 5.82 Å². The van der Waals surface area contributed by atoms with E-state index in [1.165, 1.54) is 0 Å². The first kappa shape index (κ1) is 20.3. The highest BCUT2D eigenvalue weighted by Gasteiger charge is 2.23. The smallest absolute Gasteiger partial charge is 0.309 e. The molecule has 0 fully saturated rings. The van der Waals surface area contributed by atoms with Gasteiger partial charge in [-0.3, -0.25) is 0 Å². The van der Waals surface area contributed by atoms with Crippen molar-refractivity contribution in [3.05, 3.63) is 56.1 Å². The molecule has 0 radical (unpaired) electrons. The fourth-order valence-electron chi connectivity index (χ4n) is 4.29. The summed E-state index contributed by atoms with van der Waals surface area (Å²) >= 11 is 0. The topological polar surface area (TPSA) is 134 Å². The molecular weight excluding hydrogens is 372 g/mol. The quantitative estimate of drug-likeness (QED) is 0.658. The molecule has 144 valence electrons. The Labute approximate surface area is 175 Å². The summed E-state index contributed by atoms with van der Waals surface area (Å²) in [6.45, 7) is 9.04. The molecule has 3 rings (SSSR count). The highest BCUT2D eigenvalue weighted by molar-refractivity contribution is 6.02. The third-order valence-corrected chi connectivity index (χ3v) is 5.78. The van der Waals surface area contributed by atoms with Crippen LogP contribution in [0.15, 0.2) is 6.07 Å². The molecule has 0 bridgehead atoms. The number of rotatable bonds is 1. The molecule has 0 aliphatic carbocycles. The summed E-state index contributed by atoms with van der Waals surface area (Å²) in [7, 11) is 0. The van der Waals surface area contributed by atoms with E-state index in [1.54, 1.807) is 26.8 Å². The lowest BCUT2D eigenvalue weighted by atomic mass is 9.86. The van der Waals surface area contributed by atoms with Gasteiger partial charge in [0, 0.05) is 16.3 Å². The summed E-state index contributed by atoms with van der Waals surface area (Å²) in [5.74, 6) is 0.214. The maximum Gasteiger partial charge on any atom is 0.309 e. The van der Waals surface area contributed by atoms with Gasteiger partial charge < -0.3 is 5.73 Å². The number of nitrogen functional groups attached to an aromatic ring is 1. The first-order valence-corrected chi connectivity index (χ1v) is 9.23. The molecular formula is C24H19N6+. The van der Waals surface area contributed by atoms with E-state index in [1.807, 2.05) is 13.8 Å². The predicted molar refractivity (Wildman–Crippen MR) is 113 cm³/mol. The van der Waals surface area contributed by atoms with Gasteiger partial charge in [-0.15, -0.1) is 0 Å². The molecule has 0 amide bonds. The minimum atomic E-state index is 0.214. The Morgan fingerprint density at radius 1 is 0.767 bits per heavy atom. The van der Waals surface area contributed by atoms with Crippen LogP contribution in [-0.2, 0) is 0 Å². The second-order valence-electron chi connectivity index (χ2n) is 7.28. The van der Waals surface area contributed by atoms with Gasteiger partial charge in [-0.05, 0) is 68.5 Å².